The number of anilines is 2. The minimum atomic E-state index is -0.315. The van der Waals surface area contributed by atoms with Crippen molar-refractivity contribution < 1.29 is 19.1 Å². The molecule has 0 radical (unpaired) electrons. The van der Waals surface area contributed by atoms with E-state index in [2.05, 4.69) is 10.3 Å². The van der Waals surface area contributed by atoms with Gasteiger partial charge in [-0.3, -0.25) is 9.59 Å². The number of amides is 2. The second-order valence-electron chi connectivity index (χ2n) is 6.73. The smallest absolute Gasteiger partial charge is 0.275 e. The van der Waals surface area contributed by atoms with Gasteiger partial charge < -0.3 is 19.7 Å². The molecule has 2 aromatic carbocycles. The molecule has 1 fully saturated rings. The van der Waals surface area contributed by atoms with Crippen LogP contribution in [0.15, 0.2) is 47.8 Å². The molecule has 8 heteroatoms. The topological polar surface area (TPSA) is 80.8 Å². The first kappa shape index (κ1) is 19.9. The van der Waals surface area contributed by atoms with Crippen molar-refractivity contribution >= 4 is 34.5 Å². The molecule has 0 bridgehead atoms. The number of para-hydroxylation sites is 1. The largest absolute Gasteiger partial charge is 0.493 e. The summed E-state index contributed by atoms with van der Waals surface area (Å²) >= 11 is 1.35. The fourth-order valence-corrected chi connectivity index (χ4v) is 4.25. The van der Waals surface area contributed by atoms with Crippen molar-refractivity contribution in [1.82, 2.24) is 4.98 Å². The maximum absolute atomic E-state index is 12.7. The first-order chi connectivity index (χ1) is 14.6. The molecule has 0 unspecified atom stereocenters. The minimum Gasteiger partial charge on any atom is -0.493 e. The van der Waals surface area contributed by atoms with Crippen LogP contribution in [0, 0.1) is 0 Å². The van der Waals surface area contributed by atoms with Crippen molar-refractivity contribution in [2.45, 2.75) is 12.8 Å². The van der Waals surface area contributed by atoms with Gasteiger partial charge >= 0.3 is 0 Å². The van der Waals surface area contributed by atoms with Crippen molar-refractivity contribution in [2.75, 3.05) is 31.0 Å². The molecule has 30 heavy (non-hydrogen) atoms. The molecule has 7 nitrogen and oxygen atoms in total. The predicted molar refractivity (Wildman–Crippen MR) is 117 cm³/mol. The van der Waals surface area contributed by atoms with Gasteiger partial charge in [0.1, 0.15) is 10.7 Å². The van der Waals surface area contributed by atoms with Crippen molar-refractivity contribution in [2.24, 2.45) is 0 Å². The lowest BCUT2D eigenvalue weighted by Gasteiger charge is -2.16. The second kappa shape index (κ2) is 8.54. The molecule has 1 aliphatic heterocycles. The Balaban J connectivity index is 1.54. The van der Waals surface area contributed by atoms with Crippen molar-refractivity contribution in [3.63, 3.8) is 0 Å². The highest BCUT2D eigenvalue weighted by Crippen LogP contribution is 2.39. The summed E-state index contributed by atoms with van der Waals surface area (Å²) < 4.78 is 10.8. The number of aromatic nitrogens is 1. The number of carbonyl (C=O) groups excluding carboxylic acids is 2. The quantitative estimate of drug-likeness (QED) is 0.643. The maximum Gasteiger partial charge on any atom is 0.275 e. The third-order valence-corrected chi connectivity index (χ3v) is 5.73. The van der Waals surface area contributed by atoms with E-state index in [1.807, 2.05) is 30.3 Å². The molecule has 1 aromatic heterocycles. The van der Waals surface area contributed by atoms with Crippen molar-refractivity contribution in [3.8, 4) is 22.1 Å². The lowest BCUT2D eigenvalue weighted by Crippen LogP contribution is -2.23. The van der Waals surface area contributed by atoms with Gasteiger partial charge in [-0.1, -0.05) is 12.1 Å². The van der Waals surface area contributed by atoms with E-state index in [-0.39, 0.29) is 11.8 Å². The van der Waals surface area contributed by atoms with Gasteiger partial charge in [0.15, 0.2) is 11.5 Å². The number of thiazole rings is 1. The van der Waals surface area contributed by atoms with Gasteiger partial charge in [0.25, 0.3) is 5.91 Å². The molecule has 1 saturated heterocycles. The summed E-state index contributed by atoms with van der Waals surface area (Å²) in [5.41, 5.74) is 2.47. The van der Waals surface area contributed by atoms with Gasteiger partial charge in [-0.25, -0.2) is 4.98 Å². The Bertz CT molecular complexity index is 1100. The van der Waals surface area contributed by atoms with Gasteiger partial charge in [-0.05, 0) is 36.8 Å². The molecule has 1 N–H and O–H groups in total. The first-order valence-corrected chi connectivity index (χ1v) is 10.4. The summed E-state index contributed by atoms with van der Waals surface area (Å²) in [6.45, 7) is 0.702. The van der Waals surface area contributed by atoms with E-state index >= 15 is 0 Å². The number of hydrogen-bond donors (Lipinski definition) is 1. The summed E-state index contributed by atoms with van der Waals surface area (Å²) in [6.07, 6.45) is 1.41. The van der Waals surface area contributed by atoms with E-state index in [4.69, 9.17) is 9.47 Å². The molecule has 4 rings (SSSR count). The van der Waals surface area contributed by atoms with Gasteiger partial charge in [0, 0.05) is 29.7 Å². The normalized spacial score (nSPS) is 13.4. The molecule has 154 valence electrons. The molecule has 1 aliphatic rings. The van der Waals surface area contributed by atoms with E-state index in [1.54, 1.807) is 36.6 Å². The third kappa shape index (κ3) is 3.86. The highest BCUT2D eigenvalue weighted by atomic mass is 32.1. The molecule has 0 aliphatic carbocycles. The molecule has 2 heterocycles. The number of hydrogen-bond acceptors (Lipinski definition) is 6. The molecule has 2 amide bonds. The summed E-state index contributed by atoms with van der Waals surface area (Å²) in [5.74, 6) is 0.966. The van der Waals surface area contributed by atoms with Gasteiger partial charge in [-0.15, -0.1) is 11.3 Å². The zero-order chi connectivity index (χ0) is 21.1. The van der Waals surface area contributed by atoms with Crippen LogP contribution in [0.3, 0.4) is 0 Å². The van der Waals surface area contributed by atoms with E-state index < -0.39 is 0 Å². The first-order valence-electron chi connectivity index (χ1n) is 9.49. The number of nitrogens with one attached hydrogen (secondary N) is 1. The average molecular weight is 423 g/mol. The predicted octanol–water partition coefficient (Wildman–Crippen LogP) is 4.21. The monoisotopic (exact) mass is 423 g/mol. The zero-order valence-electron chi connectivity index (χ0n) is 16.7. The lowest BCUT2D eigenvalue weighted by atomic mass is 10.2. The summed E-state index contributed by atoms with van der Waals surface area (Å²) in [4.78, 5) is 30.9. The Morgan fingerprint density at radius 3 is 2.73 bits per heavy atom. The number of carbonyl (C=O) groups is 2. The Hall–Kier alpha value is -3.39. The second-order valence-corrected chi connectivity index (χ2v) is 7.59. The lowest BCUT2D eigenvalue weighted by molar-refractivity contribution is -0.117. The molecule has 3 aromatic rings. The van der Waals surface area contributed by atoms with Gasteiger partial charge in [0.2, 0.25) is 5.91 Å². The van der Waals surface area contributed by atoms with Crippen LogP contribution in [0.25, 0.3) is 10.6 Å². The number of rotatable bonds is 6. The highest BCUT2D eigenvalue weighted by molar-refractivity contribution is 7.13. The van der Waals surface area contributed by atoms with Crippen LogP contribution >= 0.6 is 11.3 Å². The Labute approximate surface area is 178 Å². The van der Waals surface area contributed by atoms with Crippen LogP contribution in [-0.4, -0.2) is 37.6 Å². The fourth-order valence-electron chi connectivity index (χ4n) is 3.43. The number of methoxy groups -OCH3 is 2. The Kier molecular flexibility index (Phi) is 5.67. The van der Waals surface area contributed by atoms with Crippen LogP contribution < -0.4 is 19.7 Å². The summed E-state index contributed by atoms with van der Waals surface area (Å²) in [7, 11) is 3.15. The van der Waals surface area contributed by atoms with E-state index in [1.165, 1.54) is 11.3 Å². The maximum atomic E-state index is 12.7. The summed E-state index contributed by atoms with van der Waals surface area (Å²) in [6, 6.07) is 12.8. The number of nitrogens with zero attached hydrogens (tertiary/aromatic N) is 2. The van der Waals surface area contributed by atoms with E-state index in [0.29, 0.717) is 40.9 Å². The van der Waals surface area contributed by atoms with Crippen molar-refractivity contribution in [1.29, 1.82) is 0 Å². The Morgan fingerprint density at radius 2 is 2.00 bits per heavy atom. The SMILES string of the molecule is COc1cccc(-c2nc(C(=O)Nc3cccc(N4CCCC4=O)c3)cs2)c1OC. The standard InChI is InChI=1S/C22H21N3O4S/c1-28-18-9-4-8-16(20(18)29-2)22-24-17(13-30-22)21(27)23-14-6-3-7-15(12-14)25-11-5-10-19(25)26/h3-4,6-9,12-13H,5,10-11H2,1-2H3,(H,23,27). The van der Waals surface area contributed by atoms with Crippen LogP contribution in [0.4, 0.5) is 11.4 Å². The van der Waals surface area contributed by atoms with Crippen molar-refractivity contribution in [3.05, 3.63) is 53.5 Å². The summed E-state index contributed by atoms with van der Waals surface area (Å²) in [5, 5.41) is 5.23. The van der Waals surface area contributed by atoms with Gasteiger partial charge in [-0.2, -0.15) is 0 Å². The third-order valence-electron chi connectivity index (χ3n) is 4.86. The number of benzene rings is 2. The number of ether oxygens (including phenoxy) is 2. The Morgan fingerprint density at radius 1 is 1.17 bits per heavy atom. The van der Waals surface area contributed by atoms with Crippen LogP contribution in [0.1, 0.15) is 23.3 Å². The molecule has 0 saturated carbocycles. The minimum absolute atomic E-state index is 0.106. The van der Waals surface area contributed by atoms with Crippen LogP contribution in [-0.2, 0) is 4.79 Å². The molecule has 0 spiro atoms. The average Bonchev–Trinajstić information content (AvgIpc) is 3.42. The molecular weight excluding hydrogens is 402 g/mol. The van der Waals surface area contributed by atoms with Crippen LogP contribution in [0.5, 0.6) is 11.5 Å². The molecular formula is C22H21N3O4S. The van der Waals surface area contributed by atoms with Gasteiger partial charge in [0.05, 0.1) is 19.8 Å². The molecule has 0 atom stereocenters. The zero-order valence-corrected chi connectivity index (χ0v) is 17.5. The van der Waals surface area contributed by atoms with E-state index in [9.17, 15) is 9.59 Å². The highest BCUT2D eigenvalue weighted by Gasteiger charge is 2.22. The fraction of sp³-hybridized carbons (Fsp3) is 0.227. The van der Waals surface area contributed by atoms with Crippen LogP contribution in [0.2, 0.25) is 0 Å². The van der Waals surface area contributed by atoms with E-state index in [0.717, 1.165) is 17.7 Å².